The molecule has 0 saturated heterocycles. The number of alkyl halides is 1. The number of aliphatic hydroxyl groups excluding tert-OH is 1. The molecule has 2 N–H and O–H groups in total. The van der Waals surface area contributed by atoms with Gasteiger partial charge in [-0.2, -0.15) is 0 Å². The second-order valence-electron chi connectivity index (χ2n) is 2.88. The van der Waals surface area contributed by atoms with Crippen LogP contribution in [-0.2, 0) is 6.42 Å². The van der Waals surface area contributed by atoms with E-state index < -0.39 is 0 Å². The number of carbonyl (C=O) groups excluding carboxylic acids is 1. The fourth-order valence-electron chi connectivity index (χ4n) is 1.16. The Morgan fingerprint density at radius 2 is 2.14 bits per heavy atom. The minimum Gasteiger partial charge on any atom is -0.507 e. The third-order valence-corrected chi connectivity index (χ3v) is 2.39. The number of phenolic OH excluding ortho intramolecular Hbond substituents is 1. The number of carbonyl (C=O) groups is 1. The third-order valence-electron chi connectivity index (χ3n) is 1.88. The minimum absolute atomic E-state index is 0.0175. The van der Waals surface area contributed by atoms with Gasteiger partial charge in [0.25, 0.3) is 0 Å². The summed E-state index contributed by atoms with van der Waals surface area (Å²) in [6, 6.07) is 4.77. The van der Waals surface area contributed by atoms with Crippen LogP contribution in [0.5, 0.6) is 5.75 Å². The van der Waals surface area contributed by atoms with Crippen LogP contribution in [0, 0.1) is 0 Å². The number of benzene rings is 1. The largest absolute Gasteiger partial charge is 0.507 e. The van der Waals surface area contributed by atoms with Crippen molar-refractivity contribution in [1.29, 1.82) is 0 Å². The van der Waals surface area contributed by atoms with E-state index in [4.69, 9.17) is 5.11 Å². The Morgan fingerprint density at radius 3 is 2.71 bits per heavy atom. The van der Waals surface area contributed by atoms with Gasteiger partial charge in [-0.05, 0) is 24.1 Å². The van der Waals surface area contributed by atoms with Crippen LogP contribution in [0.1, 0.15) is 15.9 Å². The highest BCUT2D eigenvalue weighted by Crippen LogP contribution is 2.19. The molecule has 1 aromatic rings. The highest BCUT2D eigenvalue weighted by atomic mass is 79.9. The molecule has 0 aromatic heterocycles. The van der Waals surface area contributed by atoms with Gasteiger partial charge in [-0.15, -0.1) is 0 Å². The summed E-state index contributed by atoms with van der Waals surface area (Å²) in [5, 5.41) is 18.3. The molecule has 0 radical (unpaired) electrons. The summed E-state index contributed by atoms with van der Waals surface area (Å²) in [6.07, 6.45) is 0.489. The lowest BCUT2D eigenvalue weighted by Gasteiger charge is -2.04. The van der Waals surface area contributed by atoms with Crippen molar-refractivity contribution in [3.8, 4) is 5.75 Å². The van der Waals surface area contributed by atoms with Crippen molar-refractivity contribution in [1.82, 2.24) is 0 Å². The first-order valence-electron chi connectivity index (χ1n) is 4.21. The van der Waals surface area contributed by atoms with Crippen LogP contribution < -0.4 is 0 Å². The molecule has 0 atom stereocenters. The lowest BCUT2D eigenvalue weighted by Crippen LogP contribution is -2.02. The monoisotopic (exact) mass is 258 g/mol. The Bertz CT molecular complexity index is 336. The molecule has 0 spiro atoms. The molecular weight excluding hydrogens is 248 g/mol. The molecule has 0 aliphatic carbocycles. The molecular formula is C10H11BrO3. The molecule has 4 heteroatoms. The normalized spacial score (nSPS) is 10.1. The highest BCUT2D eigenvalue weighted by molar-refractivity contribution is 9.09. The number of aromatic hydroxyl groups is 1. The Morgan fingerprint density at radius 1 is 1.43 bits per heavy atom. The van der Waals surface area contributed by atoms with Gasteiger partial charge in [-0.25, -0.2) is 0 Å². The van der Waals surface area contributed by atoms with Gasteiger partial charge in [0.1, 0.15) is 5.75 Å². The summed E-state index contributed by atoms with van der Waals surface area (Å²) in [6.45, 7) is 0.0344. The van der Waals surface area contributed by atoms with E-state index in [1.165, 1.54) is 6.07 Å². The van der Waals surface area contributed by atoms with Crippen molar-refractivity contribution in [3.05, 3.63) is 29.3 Å². The average molecular weight is 259 g/mol. The zero-order chi connectivity index (χ0) is 10.6. The summed E-state index contributed by atoms with van der Waals surface area (Å²) in [7, 11) is 0. The number of rotatable bonds is 4. The summed E-state index contributed by atoms with van der Waals surface area (Å²) in [5.41, 5.74) is 1.14. The Labute approximate surface area is 90.5 Å². The van der Waals surface area contributed by atoms with Crippen LogP contribution in [-0.4, -0.2) is 27.9 Å². The number of phenols is 1. The van der Waals surface area contributed by atoms with Crippen LogP contribution >= 0.6 is 15.9 Å². The first-order valence-corrected chi connectivity index (χ1v) is 5.33. The first kappa shape index (κ1) is 11.2. The van der Waals surface area contributed by atoms with Gasteiger partial charge in [0, 0.05) is 6.61 Å². The molecule has 76 valence electrons. The molecule has 0 unspecified atom stereocenters. The lowest BCUT2D eigenvalue weighted by atomic mass is 10.1. The van der Waals surface area contributed by atoms with E-state index in [0.29, 0.717) is 12.0 Å². The van der Waals surface area contributed by atoms with E-state index in [1.54, 1.807) is 12.1 Å². The zero-order valence-electron chi connectivity index (χ0n) is 7.53. The van der Waals surface area contributed by atoms with Crippen molar-refractivity contribution >= 4 is 21.7 Å². The Hall–Kier alpha value is -0.870. The average Bonchev–Trinajstić information content (AvgIpc) is 2.20. The standard InChI is InChI=1S/C10H11BrO3/c11-6-10(14)8-5-7(3-4-12)1-2-9(8)13/h1-2,5,12-13H,3-4,6H2. The number of hydrogen-bond acceptors (Lipinski definition) is 3. The number of ketones is 1. The van der Waals surface area contributed by atoms with Gasteiger partial charge in [0.05, 0.1) is 10.9 Å². The van der Waals surface area contributed by atoms with E-state index in [1.807, 2.05) is 0 Å². The van der Waals surface area contributed by atoms with Crippen molar-refractivity contribution in [2.24, 2.45) is 0 Å². The number of Topliss-reactive ketones (excluding diaryl/α,β-unsaturated/α-hetero) is 1. The molecule has 0 aliphatic heterocycles. The number of aliphatic hydroxyl groups is 1. The summed E-state index contributed by atoms with van der Waals surface area (Å²) >= 11 is 3.04. The second-order valence-corrected chi connectivity index (χ2v) is 3.44. The van der Waals surface area contributed by atoms with E-state index in [0.717, 1.165) is 5.56 Å². The van der Waals surface area contributed by atoms with Crippen LogP contribution in [0.25, 0.3) is 0 Å². The fourth-order valence-corrected chi connectivity index (χ4v) is 1.47. The predicted molar refractivity (Wildman–Crippen MR) is 57.0 cm³/mol. The quantitative estimate of drug-likeness (QED) is 0.636. The highest BCUT2D eigenvalue weighted by Gasteiger charge is 2.10. The molecule has 0 fully saturated rings. The fraction of sp³-hybridized carbons (Fsp3) is 0.300. The summed E-state index contributed by atoms with van der Waals surface area (Å²) in [5.74, 6) is -0.182. The van der Waals surface area contributed by atoms with Crippen LogP contribution in [0.3, 0.4) is 0 Å². The van der Waals surface area contributed by atoms with Gasteiger partial charge in [-0.1, -0.05) is 22.0 Å². The first-order chi connectivity index (χ1) is 6.69. The molecule has 1 rings (SSSR count). The van der Waals surface area contributed by atoms with E-state index in [2.05, 4.69) is 15.9 Å². The summed E-state index contributed by atoms with van der Waals surface area (Å²) < 4.78 is 0. The van der Waals surface area contributed by atoms with Gasteiger partial charge < -0.3 is 10.2 Å². The van der Waals surface area contributed by atoms with Crippen LogP contribution in [0.15, 0.2) is 18.2 Å². The van der Waals surface area contributed by atoms with E-state index in [-0.39, 0.29) is 23.5 Å². The smallest absolute Gasteiger partial charge is 0.177 e. The maximum atomic E-state index is 11.3. The zero-order valence-corrected chi connectivity index (χ0v) is 9.12. The molecule has 14 heavy (non-hydrogen) atoms. The van der Waals surface area contributed by atoms with Crippen LogP contribution in [0.2, 0.25) is 0 Å². The van der Waals surface area contributed by atoms with Gasteiger partial charge in [-0.3, -0.25) is 4.79 Å². The minimum atomic E-state index is -0.165. The molecule has 0 heterocycles. The topological polar surface area (TPSA) is 57.5 Å². The van der Waals surface area contributed by atoms with Crippen molar-refractivity contribution < 1.29 is 15.0 Å². The third kappa shape index (κ3) is 2.56. The van der Waals surface area contributed by atoms with Gasteiger partial charge in [0.15, 0.2) is 5.78 Å². The SMILES string of the molecule is O=C(CBr)c1cc(CCO)ccc1O. The lowest BCUT2D eigenvalue weighted by molar-refractivity contribution is 0.102. The predicted octanol–water partition coefficient (Wildman–Crippen LogP) is 1.50. The van der Waals surface area contributed by atoms with E-state index >= 15 is 0 Å². The van der Waals surface area contributed by atoms with Crippen molar-refractivity contribution in [3.63, 3.8) is 0 Å². The van der Waals surface area contributed by atoms with Crippen LogP contribution in [0.4, 0.5) is 0 Å². The maximum Gasteiger partial charge on any atom is 0.177 e. The summed E-state index contributed by atoms with van der Waals surface area (Å²) in [4.78, 5) is 11.3. The molecule has 0 bridgehead atoms. The van der Waals surface area contributed by atoms with Gasteiger partial charge in [0.2, 0.25) is 0 Å². The molecule has 0 amide bonds. The second kappa shape index (κ2) is 5.12. The van der Waals surface area contributed by atoms with Gasteiger partial charge >= 0.3 is 0 Å². The molecule has 0 saturated carbocycles. The molecule has 0 aliphatic rings. The Balaban J connectivity index is 3.01. The van der Waals surface area contributed by atoms with Crippen molar-refractivity contribution in [2.75, 3.05) is 11.9 Å². The molecule has 3 nitrogen and oxygen atoms in total. The number of halogens is 1. The number of hydrogen-bond donors (Lipinski definition) is 2. The maximum absolute atomic E-state index is 11.3. The molecule has 1 aromatic carbocycles. The Kier molecular flexibility index (Phi) is 4.10. The van der Waals surface area contributed by atoms with Crippen molar-refractivity contribution in [2.45, 2.75) is 6.42 Å². The van der Waals surface area contributed by atoms with E-state index in [9.17, 15) is 9.90 Å².